The van der Waals surface area contributed by atoms with Crippen molar-refractivity contribution in [2.24, 2.45) is 5.92 Å². The average Bonchev–Trinajstić information content (AvgIpc) is 2.59. The highest BCUT2D eigenvalue weighted by atomic mass is 16.5. The zero-order valence-corrected chi connectivity index (χ0v) is 16.1. The monoisotopic (exact) mass is 350 g/mol. The van der Waals surface area contributed by atoms with Gasteiger partial charge in [-0.2, -0.15) is 0 Å². The van der Waals surface area contributed by atoms with Gasteiger partial charge in [-0.3, -0.25) is 14.6 Å². The van der Waals surface area contributed by atoms with Crippen LogP contribution in [0.1, 0.15) is 26.7 Å². The second-order valence-corrected chi connectivity index (χ2v) is 8.96. The summed E-state index contributed by atoms with van der Waals surface area (Å²) in [5.41, 5.74) is 0.167. The molecule has 25 heavy (non-hydrogen) atoms. The van der Waals surface area contributed by atoms with Gasteiger partial charge in [0.05, 0.1) is 24.8 Å². The molecule has 1 spiro atoms. The topological polar surface area (TPSA) is 39.3 Å². The second-order valence-electron chi connectivity index (χ2n) is 8.96. The van der Waals surface area contributed by atoms with E-state index in [-0.39, 0.29) is 11.5 Å². The van der Waals surface area contributed by atoms with E-state index in [1.54, 1.807) is 0 Å². The molecule has 0 aromatic heterocycles. The van der Waals surface area contributed by atoms with E-state index in [1.165, 1.54) is 25.9 Å². The number of likely N-dealkylation sites (tertiary alicyclic amines) is 2. The van der Waals surface area contributed by atoms with Gasteiger partial charge in [-0.15, -0.1) is 0 Å². The van der Waals surface area contributed by atoms with E-state index in [0.717, 1.165) is 52.0 Å². The fourth-order valence-corrected chi connectivity index (χ4v) is 5.34. The van der Waals surface area contributed by atoms with E-state index < -0.39 is 0 Å². The van der Waals surface area contributed by atoms with Crippen molar-refractivity contribution in [3.05, 3.63) is 0 Å². The molecule has 0 radical (unpaired) electrons. The van der Waals surface area contributed by atoms with Crippen LogP contribution in [0, 0.1) is 5.92 Å². The number of carbonyl (C=O) groups excluding carboxylic acids is 1. The van der Waals surface area contributed by atoms with Crippen LogP contribution in [0.5, 0.6) is 0 Å². The predicted octanol–water partition coefficient (Wildman–Crippen LogP) is 0.334. The van der Waals surface area contributed by atoms with Gasteiger partial charge in [0.1, 0.15) is 0 Å². The first-order chi connectivity index (χ1) is 12.0. The van der Waals surface area contributed by atoms with Crippen molar-refractivity contribution < 1.29 is 9.53 Å². The molecule has 6 nitrogen and oxygen atoms in total. The number of amides is 1. The number of nitrogens with zero attached hydrogens (tertiary/aromatic N) is 4. The van der Waals surface area contributed by atoms with Gasteiger partial charge >= 0.3 is 0 Å². The summed E-state index contributed by atoms with van der Waals surface area (Å²) in [6.45, 7) is 13.1. The van der Waals surface area contributed by atoms with Crippen LogP contribution in [0.25, 0.3) is 0 Å². The van der Waals surface area contributed by atoms with Crippen LogP contribution in [0.4, 0.5) is 0 Å². The fourth-order valence-electron chi connectivity index (χ4n) is 5.34. The molecule has 4 fully saturated rings. The Labute approximate surface area is 152 Å². The number of fused-ring (bicyclic) bond motifs is 2. The number of piperazine rings is 1. The molecule has 0 saturated carbocycles. The van der Waals surface area contributed by atoms with E-state index in [4.69, 9.17) is 4.74 Å². The highest BCUT2D eigenvalue weighted by molar-refractivity contribution is 5.78. The fraction of sp³-hybridized carbons (Fsp3) is 0.947. The molecule has 1 atom stereocenters. The van der Waals surface area contributed by atoms with Crippen LogP contribution in [-0.2, 0) is 9.53 Å². The average molecular weight is 351 g/mol. The van der Waals surface area contributed by atoms with E-state index in [0.29, 0.717) is 11.9 Å². The minimum Gasteiger partial charge on any atom is -0.378 e. The molecule has 4 aliphatic heterocycles. The molecule has 0 bridgehead atoms. The lowest BCUT2D eigenvalue weighted by Gasteiger charge is -2.65. The number of hydrogen-bond donors (Lipinski definition) is 0. The highest BCUT2D eigenvalue weighted by Crippen LogP contribution is 2.38. The number of ether oxygens (including phenoxy) is 1. The Balaban J connectivity index is 1.46. The number of piperidine rings is 1. The first-order valence-electron chi connectivity index (χ1n) is 10.0. The Bertz CT molecular complexity index is 498. The maximum absolute atomic E-state index is 12.7. The molecular formula is C19H34N4O2. The van der Waals surface area contributed by atoms with Gasteiger partial charge < -0.3 is 14.5 Å². The van der Waals surface area contributed by atoms with Crippen molar-refractivity contribution in [1.82, 2.24) is 19.6 Å². The van der Waals surface area contributed by atoms with Gasteiger partial charge in [-0.1, -0.05) is 13.8 Å². The van der Waals surface area contributed by atoms with E-state index in [2.05, 4.69) is 26.6 Å². The van der Waals surface area contributed by atoms with Crippen LogP contribution in [-0.4, -0.2) is 109 Å². The molecule has 4 saturated heterocycles. The summed E-state index contributed by atoms with van der Waals surface area (Å²) in [5.74, 6) is 0.389. The van der Waals surface area contributed by atoms with Crippen molar-refractivity contribution in [3.8, 4) is 0 Å². The summed E-state index contributed by atoms with van der Waals surface area (Å²) in [6, 6.07) is 1.11. The van der Waals surface area contributed by atoms with Gasteiger partial charge in [0.15, 0.2) is 0 Å². The van der Waals surface area contributed by atoms with Crippen molar-refractivity contribution in [3.63, 3.8) is 0 Å². The van der Waals surface area contributed by atoms with Crippen molar-refractivity contribution in [1.29, 1.82) is 0 Å². The summed E-state index contributed by atoms with van der Waals surface area (Å²) in [4.78, 5) is 22.6. The molecule has 4 aliphatic rings. The quantitative estimate of drug-likeness (QED) is 0.718. The van der Waals surface area contributed by atoms with Gasteiger partial charge in [0.25, 0.3) is 0 Å². The van der Waals surface area contributed by atoms with Gasteiger partial charge in [-0.25, -0.2) is 0 Å². The highest BCUT2D eigenvalue weighted by Gasteiger charge is 2.56. The zero-order valence-electron chi connectivity index (χ0n) is 16.1. The Morgan fingerprint density at radius 1 is 1.08 bits per heavy atom. The standard InChI is InChI=1S/C19H34N4O2/c1-15(2)18(24)21-10-17-11-25-9-8-23(17)19(12-21)13-22(14-19)16-4-6-20(3)7-5-16/h15-17H,4-14H2,1-3H3/t17-/m1/s1. The summed E-state index contributed by atoms with van der Waals surface area (Å²) in [5, 5.41) is 0. The normalized spacial score (nSPS) is 32.0. The molecule has 0 N–H and O–H groups in total. The summed E-state index contributed by atoms with van der Waals surface area (Å²) >= 11 is 0. The summed E-state index contributed by atoms with van der Waals surface area (Å²) in [6.07, 6.45) is 2.57. The first kappa shape index (κ1) is 17.7. The molecule has 0 aromatic rings. The molecule has 4 heterocycles. The molecule has 6 heteroatoms. The first-order valence-corrected chi connectivity index (χ1v) is 10.0. The predicted molar refractivity (Wildman–Crippen MR) is 97.6 cm³/mol. The third-order valence-electron chi connectivity index (χ3n) is 6.76. The van der Waals surface area contributed by atoms with Crippen molar-refractivity contribution in [2.45, 2.75) is 44.3 Å². The molecule has 142 valence electrons. The Hall–Kier alpha value is -0.690. The maximum Gasteiger partial charge on any atom is 0.225 e. The molecule has 1 amide bonds. The third-order valence-corrected chi connectivity index (χ3v) is 6.76. The number of carbonyl (C=O) groups is 1. The van der Waals surface area contributed by atoms with Gasteiger partial charge in [0, 0.05) is 44.7 Å². The SMILES string of the molecule is CC(C)C(=O)N1C[C@@H]2COCCN2C2(C1)CN(C1CCN(C)CC1)C2. The van der Waals surface area contributed by atoms with Crippen LogP contribution in [0.15, 0.2) is 0 Å². The lowest BCUT2D eigenvalue weighted by Crippen LogP contribution is -2.82. The molecule has 0 aliphatic carbocycles. The molecule has 4 rings (SSSR count). The van der Waals surface area contributed by atoms with Gasteiger partial charge in [-0.05, 0) is 33.0 Å². The zero-order chi connectivity index (χ0) is 17.6. The molecule has 0 aromatic carbocycles. The number of morpholine rings is 1. The Kier molecular flexibility index (Phi) is 4.82. The minimum atomic E-state index is 0.0816. The molecule has 0 unspecified atom stereocenters. The van der Waals surface area contributed by atoms with E-state index in [9.17, 15) is 4.79 Å². The lowest BCUT2D eigenvalue weighted by atomic mass is 9.80. The Morgan fingerprint density at radius 3 is 2.48 bits per heavy atom. The van der Waals surface area contributed by atoms with Crippen LogP contribution in [0.2, 0.25) is 0 Å². The third kappa shape index (κ3) is 3.22. The van der Waals surface area contributed by atoms with Crippen molar-refractivity contribution in [2.75, 3.05) is 66.1 Å². The smallest absolute Gasteiger partial charge is 0.225 e. The van der Waals surface area contributed by atoms with Gasteiger partial charge in [0.2, 0.25) is 5.91 Å². The summed E-state index contributed by atoms with van der Waals surface area (Å²) < 4.78 is 5.75. The summed E-state index contributed by atoms with van der Waals surface area (Å²) in [7, 11) is 2.22. The van der Waals surface area contributed by atoms with Crippen molar-refractivity contribution >= 4 is 5.91 Å². The molecular weight excluding hydrogens is 316 g/mol. The largest absolute Gasteiger partial charge is 0.378 e. The van der Waals surface area contributed by atoms with E-state index in [1.807, 2.05) is 13.8 Å². The van der Waals surface area contributed by atoms with E-state index >= 15 is 0 Å². The van der Waals surface area contributed by atoms with Crippen LogP contribution >= 0.6 is 0 Å². The second kappa shape index (κ2) is 6.80. The van der Waals surface area contributed by atoms with Crippen LogP contribution in [0.3, 0.4) is 0 Å². The minimum absolute atomic E-state index is 0.0816. The number of rotatable bonds is 2. The maximum atomic E-state index is 12.7. The Morgan fingerprint density at radius 2 is 1.80 bits per heavy atom. The lowest BCUT2D eigenvalue weighted by molar-refractivity contribution is -0.183. The van der Waals surface area contributed by atoms with Crippen LogP contribution < -0.4 is 0 Å². The number of hydrogen-bond acceptors (Lipinski definition) is 5.